The van der Waals surface area contributed by atoms with E-state index in [4.69, 9.17) is 23.2 Å². The monoisotopic (exact) mass is 244 g/mol. The standard InChI is InChI=1S/C10H10Cl2N2O/c1-6(11)4-14-10(15)8-5-13-7(2)3-9(8)12/h3,5H,1,4H2,2H3,(H,14,15). The van der Waals surface area contributed by atoms with Crippen molar-refractivity contribution in [2.24, 2.45) is 0 Å². The first-order valence-electron chi connectivity index (χ1n) is 4.24. The SMILES string of the molecule is C=C(Cl)CNC(=O)c1cnc(C)cc1Cl. The predicted molar refractivity (Wildman–Crippen MR) is 61.3 cm³/mol. The molecule has 1 aromatic heterocycles. The number of nitrogens with one attached hydrogen (secondary N) is 1. The van der Waals surface area contributed by atoms with Crippen LogP contribution < -0.4 is 5.32 Å². The first-order valence-corrected chi connectivity index (χ1v) is 5.00. The van der Waals surface area contributed by atoms with Gasteiger partial charge in [-0.3, -0.25) is 9.78 Å². The van der Waals surface area contributed by atoms with E-state index in [1.807, 2.05) is 0 Å². The molecule has 0 aliphatic rings. The third-order valence-corrected chi connectivity index (χ3v) is 2.12. The van der Waals surface area contributed by atoms with Gasteiger partial charge in [-0.15, -0.1) is 0 Å². The third-order valence-electron chi connectivity index (χ3n) is 1.68. The molecule has 0 unspecified atom stereocenters. The van der Waals surface area contributed by atoms with Gasteiger partial charge in [0.25, 0.3) is 5.91 Å². The molecule has 0 radical (unpaired) electrons. The molecule has 0 aliphatic heterocycles. The van der Waals surface area contributed by atoms with E-state index in [-0.39, 0.29) is 12.5 Å². The molecule has 1 rings (SSSR count). The van der Waals surface area contributed by atoms with E-state index in [9.17, 15) is 4.79 Å². The number of carbonyl (C=O) groups is 1. The Labute approximate surface area is 98.1 Å². The highest BCUT2D eigenvalue weighted by atomic mass is 35.5. The Bertz CT molecular complexity index is 404. The van der Waals surface area contributed by atoms with Gasteiger partial charge < -0.3 is 5.32 Å². The second kappa shape index (κ2) is 5.14. The van der Waals surface area contributed by atoms with E-state index >= 15 is 0 Å². The van der Waals surface area contributed by atoms with E-state index in [0.29, 0.717) is 15.6 Å². The fraction of sp³-hybridized carbons (Fsp3) is 0.200. The minimum Gasteiger partial charge on any atom is -0.347 e. The normalized spacial score (nSPS) is 9.80. The maximum Gasteiger partial charge on any atom is 0.254 e. The number of pyridine rings is 1. The van der Waals surface area contributed by atoms with Crippen LogP contribution in [0.2, 0.25) is 5.02 Å². The Balaban J connectivity index is 2.78. The lowest BCUT2D eigenvalue weighted by atomic mass is 10.2. The van der Waals surface area contributed by atoms with Gasteiger partial charge in [0.15, 0.2) is 0 Å². The van der Waals surface area contributed by atoms with E-state index in [0.717, 1.165) is 5.69 Å². The van der Waals surface area contributed by atoms with Gasteiger partial charge in [-0.05, 0) is 13.0 Å². The van der Waals surface area contributed by atoms with Crippen molar-refractivity contribution in [2.75, 3.05) is 6.54 Å². The van der Waals surface area contributed by atoms with E-state index in [1.54, 1.807) is 13.0 Å². The maximum absolute atomic E-state index is 11.5. The molecule has 1 amide bonds. The van der Waals surface area contributed by atoms with Crippen molar-refractivity contribution in [1.82, 2.24) is 10.3 Å². The molecule has 0 atom stereocenters. The van der Waals surface area contributed by atoms with Crippen molar-refractivity contribution < 1.29 is 4.79 Å². The fourth-order valence-corrected chi connectivity index (χ4v) is 1.32. The number of hydrogen-bond acceptors (Lipinski definition) is 2. The molecule has 0 aromatic carbocycles. The van der Waals surface area contributed by atoms with Gasteiger partial charge in [0, 0.05) is 16.9 Å². The van der Waals surface area contributed by atoms with Crippen LogP contribution in [0.1, 0.15) is 16.1 Å². The summed E-state index contributed by atoms with van der Waals surface area (Å²) in [6.07, 6.45) is 1.43. The molecular formula is C10H10Cl2N2O. The molecule has 3 nitrogen and oxygen atoms in total. The Morgan fingerprint density at radius 3 is 2.87 bits per heavy atom. The van der Waals surface area contributed by atoms with Crippen LogP contribution in [0.25, 0.3) is 0 Å². The number of carbonyl (C=O) groups excluding carboxylic acids is 1. The smallest absolute Gasteiger partial charge is 0.254 e. The molecule has 0 fully saturated rings. The average molecular weight is 245 g/mol. The van der Waals surface area contributed by atoms with Crippen molar-refractivity contribution in [3.05, 3.63) is 40.2 Å². The second-order valence-electron chi connectivity index (χ2n) is 3.01. The van der Waals surface area contributed by atoms with Crippen LogP contribution in [0.15, 0.2) is 23.9 Å². The van der Waals surface area contributed by atoms with E-state index in [1.165, 1.54) is 6.20 Å². The van der Waals surface area contributed by atoms with Gasteiger partial charge in [0.05, 0.1) is 17.1 Å². The summed E-state index contributed by atoms with van der Waals surface area (Å²) < 4.78 is 0. The Morgan fingerprint density at radius 1 is 1.67 bits per heavy atom. The van der Waals surface area contributed by atoms with Gasteiger partial charge in [-0.25, -0.2) is 0 Å². The lowest BCUT2D eigenvalue weighted by Crippen LogP contribution is -2.24. The Morgan fingerprint density at radius 2 is 2.33 bits per heavy atom. The molecule has 15 heavy (non-hydrogen) atoms. The van der Waals surface area contributed by atoms with Crippen molar-refractivity contribution in [3.63, 3.8) is 0 Å². The zero-order valence-electron chi connectivity index (χ0n) is 8.18. The number of nitrogens with zero attached hydrogens (tertiary/aromatic N) is 1. The highest BCUT2D eigenvalue weighted by Crippen LogP contribution is 2.15. The van der Waals surface area contributed by atoms with Crippen molar-refractivity contribution >= 4 is 29.1 Å². The first-order chi connectivity index (χ1) is 7.00. The second-order valence-corrected chi connectivity index (χ2v) is 3.95. The van der Waals surface area contributed by atoms with Crippen LogP contribution in [0.3, 0.4) is 0 Å². The van der Waals surface area contributed by atoms with Crippen molar-refractivity contribution in [1.29, 1.82) is 0 Å². The van der Waals surface area contributed by atoms with Crippen molar-refractivity contribution in [2.45, 2.75) is 6.92 Å². The summed E-state index contributed by atoms with van der Waals surface area (Å²) in [6, 6.07) is 1.63. The Hall–Kier alpha value is -1.06. The first kappa shape index (κ1) is 12.0. The molecule has 0 aliphatic carbocycles. The number of hydrogen-bond donors (Lipinski definition) is 1. The number of rotatable bonds is 3. The molecule has 80 valence electrons. The van der Waals surface area contributed by atoms with Gasteiger partial charge in [-0.1, -0.05) is 29.8 Å². The van der Waals surface area contributed by atoms with Gasteiger partial charge in [0.2, 0.25) is 0 Å². The van der Waals surface area contributed by atoms with Gasteiger partial charge in [0.1, 0.15) is 0 Å². The average Bonchev–Trinajstić information content (AvgIpc) is 2.14. The summed E-state index contributed by atoms with van der Waals surface area (Å²) in [5.74, 6) is -0.311. The molecule has 0 spiro atoms. The number of halogens is 2. The molecular weight excluding hydrogens is 235 g/mol. The third kappa shape index (κ3) is 3.53. The molecule has 0 saturated heterocycles. The molecule has 1 aromatic rings. The van der Waals surface area contributed by atoms with Crippen LogP contribution >= 0.6 is 23.2 Å². The summed E-state index contributed by atoms with van der Waals surface area (Å²) in [7, 11) is 0. The predicted octanol–water partition coefficient (Wildman–Crippen LogP) is 2.53. The molecule has 0 saturated carbocycles. The van der Waals surface area contributed by atoms with E-state index in [2.05, 4.69) is 16.9 Å². The van der Waals surface area contributed by atoms with E-state index < -0.39 is 0 Å². The minimum atomic E-state index is -0.311. The summed E-state index contributed by atoms with van der Waals surface area (Å²) in [5.41, 5.74) is 1.10. The zero-order valence-corrected chi connectivity index (χ0v) is 9.69. The number of aromatic nitrogens is 1. The van der Waals surface area contributed by atoms with Gasteiger partial charge >= 0.3 is 0 Å². The minimum absolute atomic E-state index is 0.213. The summed E-state index contributed by atoms with van der Waals surface area (Å²) in [5, 5.41) is 3.30. The lowest BCUT2D eigenvalue weighted by molar-refractivity contribution is 0.0957. The summed E-state index contributed by atoms with van der Waals surface area (Å²) in [6.45, 7) is 5.47. The number of amides is 1. The highest BCUT2D eigenvalue weighted by molar-refractivity contribution is 6.34. The van der Waals surface area contributed by atoms with Crippen LogP contribution in [0, 0.1) is 6.92 Å². The van der Waals surface area contributed by atoms with Gasteiger partial charge in [-0.2, -0.15) is 0 Å². The largest absolute Gasteiger partial charge is 0.347 e. The topological polar surface area (TPSA) is 42.0 Å². The molecule has 1 heterocycles. The summed E-state index contributed by atoms with van der Waals surface area (Å²) in [4.78, 5) is 15.5. The quantitative estimate of drug-likeness (QED) is 0.888. The highest BCUT2D eigenvalue weighted by Gasteiger charge is 2.10. The molecule has 5 heteroatoms. The Kier molecular flexibility index (Phi) is 4.12. The molecule has 0 bridgehead atoms. The summed E-state index contributed by atoms with van der Waals surface area (Å²) >= 11 is 11.4. The lowest BCUT2D eigenvalue weighted by Gasteiger charge is -2.05. The molecule has 1 N–H and O–H groups in total. The zero-order chi connectivity index (χ0) is 11.4. The van der Waals surface area contributed by atoms with Crippen LogP contribution in [0.4, 0.5) is 0 Å². The van der Waals surface area contributed by atoms with Crippen LogP contribution in [-0.2, 0) is 0 Å². The number of aryl methyl sites for hydroxylation is 1. The van der Waals surface area contributed by atoms with Crippen molar-refractivity contribution in [3.8, 4) is 0 Å². The fourth-order valence-electron chi connectivity index (χ4n) is 0.965. The van der Waals surface area contributed by atoms with Crippen LogP contribution in [-0.4, -0.2) is 17.4 Å². The van der Waals surface area contributed by atoms with Crippen LogP contribution in [0.5, 0.6) is 0 Å². The maximum atomic E-state index is 11.5.